The number of benzene rings is 7. The molecule has 7 aromatic carbocycles. The van der Waals surface area contributed by atoms with Crippen LogP contribution in [0.25, 0.3) is 38.9 Å². The molecule has 1 saturated carbocycles. The zero-order chi connectivity index (χ0) is 48.3. The highest BCUT2D eigenvalue weighted by Gasteiger charge is 2.36. The van der Waals surface area contributed by atoms with Crippen LogP contribution < -0.4 is 0 Å². The summed E-state index contributed by atoms with van der Waals surface area (Å²) in [7, 11) is 0. The summed E-state index contributed by atoms with van der Waals surface area (Å²) in [6, 6.07) is 48.3. The Morgan fingerprint density at radius 3 is 1.79 bits per heavy atom. The molecule has 1 aromatic heterocycles. The number of furan rings is 1. The maximum Gasteiger partial charge on any atom is 0.135 e. The molecule has 0 aliphatic heterocycles. The van der Waals surface area contributed by atoms with Crippen molar-refractivity contribution in [1.29, 1.82) is 0 Å². The summed E-state index contributed by atoms with van der Waals surface area (Å²) in [5.41, 5.74) is 22.1. The first-order chi connectivity index (χ1) is 32.2. The van der Waals surface area contributed by atoms with E-state index in [9.17, 15) is 0 Å². The summed E-state index contributed by atoms with van der Waals surface area (Å²) in [6.45, 7) is 28.4. The van der Waals surface area contributed by atoms with Crippen molar-refractivity contribution in [3.05, 3.63) is 218 Å². The first-order valence-corrected chi connectivity index (χ1v) is 25.1. The van der Waals surface area contributed by atoms with E-state index in [2.05, 4.69) is 210 Å². The van der Waals surface area contributed by atoms with Crippen molar-refractivity contribution in [2.45, 2.75) is 146 Å². The molecule has 1 nitrogen and oxygen atoms in total. The largest absolute Gasteiger partial charge is 0.460 e. The van der Waals surface area contributed by atoms with Gasteiger partial charge in [-0.1, -0.05) is 203 Å². The van der Waals surface area contributed by atoms with E-state index in [-0.39, 0.29) is 5.41 Å². The smallest absolute Gasteiger partial charge is 0.135 e. The van der Waals surface area contributed by atoms with Gasteiger partial charge in [0.05, 0.1) is 0 Å². The number of aryl methyl sites for hydroxylation is 9. The molecule has 1 heteroatoms. The molecule has 0 spiro atoms. The highest BCUT2D eigenvalue weighted by atomic mass is 16.3. The summed E-state index contributed by atoms with van der Waals surface area (Å²) >= 11 is 0. The summed E-state index contributed by atoms with van der Waals surface area (Å²) in [5.74, 6) is 1.94. The van der Waals surface area contributed by atoms with Crippen molar-refractivity contribution in [2.24, 2.45) is 0 Å². The Balaban J connectivity index is 0.000000144. The van der Waals surface area contributed by atoms with Crippen LogP contribution in [-0.2, 0) is 18.3 Å². The minimum absolute atomic E-state index is 0.0888. The van der Waals surface area contributed by atoms with E-state index in [1.54, 1.807) is 5.56 Å². The molecule has 0 radical (unpaired) electrons. The molecular formula is C66H78O. The predicted octanol–water partition coefficient (Wildman–Crippen LogP) is 19.3. The van der Waals surface area contributed by atoms with Crippen molar-refractivity contribution in [1.82, 2.24) is 0 Å². The minimum Gasteiger partial charge on any atom is -0.460 e. The average molecular weight is 887 g/mol. The van der Waals surface area contributed by atoms with E-state index in [1.807, 2.05) is 25.1 Å². The van der Waals surface area contributed by atoms with E-state index < -0.39 is 0 Å². The lowest BCUT2D eigenvalue weighted by Gasteiger charge is -2.22. The Morgan fingerprint density at radius 1 is 0.552 bits per heavy atom. The lowest BCUT2D eigenvalue weighted by molar-refractivity contribution is 0.443. The van der Waals surface area contributed by atoms with Gasteiger partial charge in [0.15, 0.2) is 0 Å². The third kappa shape index (κ3) is 12.2. The van der Waals surface area contributed by atoms with Crippen molar-refractivity contribution in [3.8, 4) is 11.1 Å². The van der Waals surface area contributed by atoms with Crippen LogP contribution in [0.4, 0.5) is 0 Å². The summed E-state index contributed by atoms with van der Waals surface area (Å²) < 4.78 is 5.83. The lowest BCUT2D eigenvalue weighted by Crippen LogP contribution is -2.15. The number of fused-ring (bicyclic) bond motifs is 6. The fraction of sp³-hybridized carbons (Fsp3) is 0.333. The van der Waals surface area contributed by atoms with Gasteiger partial charge in [-0.25, -0.2) is 0 Å². The van der Waals surface area contributed by atoms with Crippen LogP contribution in [0.2, 0.25) is 0 Å². The van der Waals surface area contributed by atoms with Gasteiger partial charge in [-0.3, -0.25) is 0 Å². The Bertz CT molecular complexity index is 2870. The second-order valence-corrected chi connectivity index (χ2v) is 19.7. The second-order valence-electron chi connectivity index (χ2n) is 19.7. The molecule has 2 aliphatic rings. The van der Waals surface area contributed by atoms with Gasteiger partial charge in [-0.15, -0.1) is 0 Å². The first kappa shape index (κ1) is 50.5. The van der Waals surface area contributed by atoms with E-state index >= 15 is 0 Å². The van der Waals surface area contributed by atoms with Crippen molar-refractivity contribution in [3.63, 3.8) is 0 Å². The van der Waals surface area contributed by atoms with Gasteiger partial charge < -0.3 is 4.42 Å². The van der Waals surface area contributed by atoms with Crippen molar-refractivity contribution in [2.75, 3.05) is 0 Å². The summed E-state index contributed by atoms with van der Waals surface area (Å²) in [4.78, 5) is 0. The number of hydrogen-bond donors (Lipinski definition) is 0. The van der Waals surface area contributed by atoms with Crippen LogP contribution in [-0.4, -0.2) is 0 Å². The maximum atomic E-state index is 5.83. The summed E-state index contributed by atoms with van der Waals surface area (Å²) in [5, 5.41) is 4.02. The molecule has 2 aliphatic carbocycles. The normalized spacial score (nSPS) is 13.6. The van der Waals surface area contributed by atoms with E-state index in [4.69, 9.17) is 4.42 Å². The fourth-order valence-electron chi connectivity index (χ4n) is 10.1. The Kier molecular flexibility index (Phi) is 17.5. The van der Waals surface area contributed by atoms with Gasteiger partial charge in [-0.2, -0.15) is 0 Å². The molecule has 10 rings (SSSR count). The molecule has 0 atom stereocenters. The standard InChI is InChI=1S/C21H20.C14H16O.C13H18.C10H14.C8H10/c1-13-9-10-17-18(11-13)21(3,4)19-12-14(2)15-7-5-6-8-16(15)20(17)19;1-4-7-11-12(5-2)15-13-9-6-8-10(3)14(11)13;1-11-7-9-13(10-8-11)12-5-3-2-4-6-12;1-7-5-8(2)10(4)9(3)6-7;1-2-8-6-4-3-5-7-8/h5-12H,1-4H3;4,6-9H,5H2,1-3H3;7-10,12H,2-6H2,1H3;5-6H,1-4H3;3-7H,2H2,1H3/b;7-4-;;;. The quantitative estimate of drug-likeness (QED) is 0.172. The third-order valence-electron chi connectivity index (χ3n) is 14.2. The van der Waals surface area contributed by atoms with Crippen LogP contribution in [0.1, 0.15) is 151 Å². The topological polar surface area (TPSA) is 13.1 Å². The average Bonchev–Trinajstić information content (AvgIpc) is 3.81. The molecule has 0 saturated heterocycles. The monoisotopic (exact) mass is 887 g/mol. The number of allylic oxidation sites excluding steroid dienone is 1. The zero-order valence-corrected chi connectivity index (χ0v) is 43.3. The van der Waals surface area contributed by atoms with Gasteiger partial charge in [0.1, 0.15) is 11.3 Å². The number of rotatable bonds is 4. The van der Waals surface area contributed by atoms with Gasteiger partial charge in [0, 0.05) is 22.8 Å². The lowest BCUT2D eigenvalue weighted by atomic mass is 9.81. The molecule has 0 N–H and O–H groups in total. The van der Waals surface area contributed by atoms with E-state index in [0.717, 1.165) is 30.1 Å². The zero-order valence-electron chi connectivity index (χ0n) is 43.3. The Hall–Kier alpha value is -5.92. The summed E-state index contributed by atoms with van der Waals surface area (Å²) in [6.07, 6.45) is 13.4. The molecule has 0 bridgehead atoms. The third-order valence-corrected chi connectivity index (χ3v) is 14.2. The van der Waals surface area contributed by atoms with Crippen LogP contribution in [0, 0.1) is 55.4 Å². The highest BCUT2D eigenvalue weighted by Crippen LogP contribution is 2.52. The molecule has 348 valence electrons. The molecule has 0 amide bonds. The van der Waals surface area contributed by atoms with Gasteiger partial charge in [0.25, 0.3) is 0 Å². The van der Waals surface area contributed by atoms with Crippen LogP contribution >= 0.6 is 0 Å². The molecule has 0 unspecified atom stereocenters. The minimum atomic E-state index is 0.0888. The Morgan fingerprint density at radius 2 is 1.18 bits per heavy atom. The maximum absolute atomic E-state index is 5.83. The van der Waals surface area contributed by atoms with Crippen molar-refractivity contribution >= 4 is 27.8 Å². The van der Waals surface area contributed by atoms with Crippen LogP contribution in [0.3, 0.4) is 0 Å². The van der Waals surface area contributed by atoms with Crippen molar-refractivity contribution < 1.29 is 4.42 Å². The molecule has 67 heavy (non-hydrogen) atoms. The fourth-order valence-corrected chi connectivity index (χ4v) is 10.1. The Labute approximate surface area is 405 Å². The predicted molar refractivity (Wildman–Crippen MR) is 294 cm³/mol. The van der Waals surface area contributed by atoms with Gasteiger partial charge >= 0.3 is 0 Å². The van der Waals surface area contributed by atoms with E-state index in [0.29, 0.717) is 0 Å². The van der Waals surface area contributed by atoms with Crippen LogP contribution in [0.15, 0.2) is 144 Å². The number of hydrogen-bond acceptors (Lipinski definition) is 1. The van der Waals surface area contributed by atoms with E-state index in [1.165, 1.54) is 126 Å². The molecule has 8 aromatic rings. The SMILES string of the molecule is C/C=C\c1c(CC)oc2cccc(C)c12.CCc1ccccc1.Cc1cc(C)c(C)c(C)c1.Cc1ccc(C2CCCCC2)cc1.Cc1ccc2c(c1)C(C)(C)c1cc(C)c3ccccc3c1-2. The molecule has 1 fully saturated rings. The van der Waals surface area contributed by atoms with Gasteiger partial charge in [-0.05, 0) is 166 Å². The second kappa shape index (κ2) is 23.2. The van der Waals surface area contributed by atoms with Gasteiger partial charge in [0.2, 0.25) is 0 Å². The molecule has 1 heterocycles. The first-order valence-electron chi connectivity index (χ1n) is 25.1. The highest BCUT2D eigenvalue weighted by molar-refractivity contribution is 6.03. The van der Waals surface area contributed by atoms with Crippen LogP contribution in [0.5, 0.6) is 0 Å². The molecular weight excluding hydrogens is 809 g/mol.